The molecule has 0 aliphatic heterocycles. The van der Waals surface area contributed by atoms with Gasteiger partial charge < -0.3 is 4.90 Å². The Bertz CT molecular complexity index is 881. The highest BCUT2D eigenvalue weighted by Crippen LogP contribution is 2.44. The number of benzene rings is 2. The van der Waals surface area contributed by atoms with Crippen molar-refractivity contribution in [3.8, 4) is 22.3 Å². The Morgan fingerprint density at radius 1 is 0.926 bits per heavy atom. The maximum atomic E-state index is 5.64. The van der Waals surface area contributed by atoms with Crippen LogP contribution in [0.15, 0.2) is 60.7 Å². The summed E-state index contributed by atoms with van der Waals surface area (Å²) in [7, 11) is 0. The third-order valence-corrected chi connectivity index (χ3v) is 7.31. The second-order valence-electron chi connectivity index (χ2n) is 6.16. The smallest absolute Gasteiger partial charge is 0.136 e. The highest BCUT2D eigenvalue weighted by molar-refractivity contribution is 8.22. The molecule has 27 heavy (non-hydrogen) atoms. The molecule has 3 rings (SSSR count). The third kappa shape index (κ3) is 4.63. The van der Waals surface area contributed by atoms with Gasteiger partial charge in [-0.25, -0.2) is 0 Å². The summed E-state index contributed by atoms with van der Waals surface area (Å²) in [5.74, 6) is 0.875. The van der Waals surface area contributed by atoms with Gasteiger partial charge in [0.15, 0.2) is 0 Å². The van der Waals surface area contributed by atoms with Crippen LogP contribution >= 0.6 is 35.3 Å². The van der Waals surface area contributed by atoms with Crippen LogP contribution in [0.3, 0.4) is 0 Å². The van der Waals surface area contributed by atoms with E-state index < -0.39 is 0 Å². The Balaban J connectivity index is 2.01. The molecule has 3 aromatic rings. The van der Waals surface area contributed by atoms with Crippen molar-refractivity contribution in [2.24, 2.45) is 0 Å². The van der Waals surface area contributed by atoms with E-state index in [1.807, 2.05) is 0 Å². The summed E-state index contributed by atoms with van der Waals surface area (Å²) >= 11 is 9.19. The maximum Gasteiger partial charge on any atom is 0.136 e. The van der Waals surface area contributed by atoms with E-state index in [0.717, 1.165) is 28.0 Å². The summed E-state index contributed by atoms with van der Waals surface area (Å²) in [5.41, 5.74) is 5.01. The minimum atomic E-state index is 0.875. The Kier molecular flexibility index (Phi) is 7.11. The molecule has 2 aromatic carbocycles. The molecule has 1 heterocycles. The molecule has 0 saturated heterocycles. The standard InChI is InChI=1S/C23H24NS3/c1-4-24(5-2)23(25)26-16-20-22(19-14-10-7-11-15-19)21(17(3)27-20)18-12-8-6-9-13-18/h6-15H,3-5,16H2,1-2H3. The first-order chi connectivity index (χ1) is 13.2. The summed E-state index contributed by atoms with van der Waals surface area (Å²) in [4.78, 5) is 4.69. The van der Waals surface area contributed by atoms with Gasteiger partial charge in [0.1, 0.15) is 4.32 Å². The van der Waals surface area contributed by atoms with E-state index in [4.69, 9.17) is 12.2 Å². The molecule has 0 amide bonds. The molecule has 4 heteroatoms. The molecule has 0 aliphatic rings. The molecule has 0 unspecified atom stereocenters. The molecule has 1 nitrogen and oxygen atoms in total. The molecule has 0 bridgehead atoms. The summed E-state index contributed by atoms with van der Waals surface area (Å²) in [6.45, 7) is 10.6. The molecule has 0 fully saturated rings. The molecule has 0 N–H and O–H groups in total. The van der Waals surface area contributed by atoms with Crippen LogP contribution in [-0.4, -0.2) is 22.3 Å². The van der Waals surface area contributed by atoms with Crippen molar-refractivity contribution in [1.29, 1.82) is 0 Å². The highest BCUT2D eigenvalue weighted by Gasteiger charge is 2.19. The van der Waals surface area contributed by atoms with E-state index in [-0.39, 0.29) is 0 Å². The third-order valence-electron chi connectivity index (χ3n) is 4.53. The van der Waals surface area contributed by atoms with Gasteiger partial charge in [-0.1, -0.05) is 84.6 Å². The van der Waals surface area contributed by atoms with Crippen molar-refractivity contribution in [2.45, 2.75) is 19.6 Å². The van der Waals surface area contributed by atoms with Crippen molar-refractivity contribution in [3.63, 3.8) is 0 Å². The summed E-state index contributed by atoms with van der Waals surface area (Å²) in [6, 6.07) is 21.2. The van der Waals surface area contributed by atoms with E-state index in [1.54, 1.807) is 23.1 Å². The summed E-state index contributed by atoms with van der Waals surface area (Å²) in [5, 5.41) is 0. The normalized spacial score (nSPS) is 10.8. The predicted octanol–water partition coefficient (Wildman–Crippen LogP) is 7.12. The van der Waals surface area contributed by atoms with Crippen molar-refractivity contribution in [1.82, 2.24) is 4.90 Å². The zero-order valence-electron chi connectivity index (χ0n) is 15.8. The number of thiocarbonyl (C=S) groups is 1. The minimum Gasteiger partial charge on any atom is -0.358 e. The average Bonchev–Trinajstić information content (AvgIpc) is 3.04. The number of hydrogen-bond acceptors (Lipinski definition) is 3. The number of nitrogens with zero attached hydrogens (tertiary/aromatic N) is 1. The van der Waals surface area contributed by atoms with E-state index in [0.29, 0.717) is 0 Å². The van der Waals surface area contributed by atoms with Crippen molar-refractivity contribution >= 4 is 39.6 Å². The largest absolute Gasteiger partial charge is 0.358 e. The first-order valence-electron chi connectivity index (χ1n) is 9.15. The quantitative estimate of drug-likeness (QED) is 0.398. The van der Waals surface area contributed by atoms with Crippen LogP contribution in [-0.2, 0) is 5.75 Å². The fraction of sp³-hybridized carbons (Fsp3) is 0.217. The number of thioether (sulfide) groups is 1. The van der Waals surface area contributed by atoms with Gasteiger partial charge in [-0.05, 0) is 31.9 Å². The number of hydrogen-bond donors (Lipinski definition) is 0. The molecule has 139 valence electrons. The zero-order valence-corrected chi connectivity index (χ0v) is 18.2. The van der Waals surface area contributed by atoms with Crippen LogP contribution in [0.25, 0.3) is 22.3 Å². The predicted molar refractivity (Wildman–Crippen MR) is 126 cm³/mol. The minimum absolute atomic E-state index is 0.875. The maximum absolute atomic E-state index is 5.64. The number of rotatable bonds is 6. The van der Waals surface area contributed by atoms with Crippen molar-refractivity contribution in [3.05, 3.63) is 77.3 Å². The van der Waals surface area contributed by atoms with E-state index >= 15 is 0 Å². The molecular weight excluding hydrogens is 386 g/mol. The molecule has 1 radical (unpaired) electrons. The summed E-state index contributed by atoms with van der Waals surface area (Å²) in [6.07, 6.45) is 0. The second kappa shape index (κ2) is 9.54. The lowest BCUT2D eigenvalue weighted by Crippen LogP contribution is -2.26. The zero-order chi connectivity index (χ0) is 19.2. The molecule has 1 aromatic heterocycles. The van der Waals surface area contributed by atoms with E-state index in [2.05, 4.69) is 86.3 Å². The average molecular weight is 411 g/mol. The Hall–Kier alpha value is -1.62. The second-order valence-corrected chi connectivity index (χ2v) is 8.96. The SMILES string of the molecule is [CH2]c1sc(CSC(=S)N(CC)CC)c(-c2ccccc2)c1-c1ccccc1. The van der Waals surface area contributed by atoms with Crippen LogP contribution in [0, 0.1) is 6.92 Å². The van der Waals surface area contributed by atoms with E-state index in [1.165, 1.54) is 27.1 Å². The molecule has 0 atom stereocenters. The lowest BCUT2D eigenvalue weighted by molar-refractivity contribution is 0.482. The van der Waals surface area contributed by atoms with Crippen LogP contribution in [0.1, 0.15) is 23.6 Å². The van der Waals surface area contributed by atoms with E-state index in [9.17, 15) is 0 Å². The topological polar surface area (TPSA) is 3.24 Å². The Morgan fingerprint density at radius 3 is 1.96 bits per heavy atom. The summed E-state index contributed by atoms with van der Waals surface area (Å²) < 4.78 is 0.972. The van der Waals surface area contributed by atoms with Gasteiger partial charge in [0, 0.05) is 39.7 Å². The van der Waals surface area contributed by atoms with Crippen LogP contribution in [0.5, 0.6) is 0 Å². The van der Waals surface area contributed by atoms with Gasteiger partial charge in [0.2, 0.25) is 0 Å². The monoisotopic (exact) mass is 410 g/mol. The fourth-order valence-electron chi connectivity index (χ4n) is 3.15. The Labute approximate surface area is 176 Å². The van der Waals surface area contributed by atoms with Gasteiger partial charge in [-0.15, -0.1) is 11.3 Å². The lowest BCUT2D eigenvalue weighted by atomic mass is 9.95. The van der Waals surface area contributed by atoms with Gasteiger partial charge in [0.05, 0.1) is 0 Å². The van der Waals surface area contributed by atoms with Gasteiger partial charge >= 0.3 is 0 Å². The van der Waals surface area contributed by atoms with Crippen molar-refractivity contribution < 1.29 is 0 Å². The lowest BCUT2D eigenvalue weighted by Gasteiger charge is -2.20. The molecule has 0 aliphatic carbocycles. The van der Waals surface area contributed by atoms with Crippen LogP contribution in [0.2, 0.25) is 0 Å². The van der Waals surface area contributed by atoms with Crippen LogP contribution in [0.4, 0.5) is 0 Å². The molecule has 0 spiro atoms. The van der Waals surface area contributed by atoms with Gasteiger partial charge in [-0.2, -0.15) is 0 Å². The molecular formula is C23H24NS3. The van der Waals surface area contributed by atoms with Gasteiger partial charge in [-0.3, -0.25) is 0 Å². The first kappa shape index (κ1) is 20.1. The van der Waals surface area contributed by atoms with Gasteiger partial charge in [0.25, 0.3) is 0 Å². The fourth-order valence-corrected chi connectivity index (χ4v) is 5.78. The number of thiophene rings is 1. The molecule has 0 saturated carbocycles. The Morgan fingerprint density at radius 2 is 1.44 bits per heavy atom. The highest BCUT2D eigenvalue weighted by atomic mass is 32.2. The first-order valence-corrected chi connectivity index (χ1v) is 11.4. The van der Waals surface area contributed by atoms with Crippen molar-refractivity contribution in [2.75, 3.05) is 13.1 Å². The van der Waals surface area contributed by atoms with Crippen LogP contribution < -0.4 is 0 Å².